The first-order valence-electron chi connectivity index (χ1n) is 4.73. The highest BCUT2D eigenvalue weighted by Gasteiger charge is 2.06. The van der Waals surface area contributed by atoms with E-state index in [0.29, 0.717) is 0 Å². The molecule has 0 unspecified atom stereocenters. The zero-order valence-electron chi connectivity index (χ0n) is 8.63. The van der Waals surface area contributed by atoms with Crippen LogP contribution in [0.4, 0.5) is 5.69 Å². The van der Waals surface area contributed by atoms with Gasteiger partial charge in [-0.05, 0) is 56.5 Å². The number of nitrogens with zero attached hydrogens (tertiary/aromatic N) is 1. The number of aromatic nitrogens is 1. The smallest absolute Gasteiger partial charge is 0.0795 e. The number of rotatable bonds is 3. The Morgan fingerprint density at radius 2 is 2.00 bits per heavy atom. The van der Waals surface area contributed by atoms with Crippen molar-refractivity contribution in [1.29, 1.82) is 0 Å². The normalized spacial score (nSPS) is 10.4. The maximum absolute atomic E-state index is 4.23. The molecule has 0 radical (unpaired) electrons. The summed E-state index contributed by atoms with van der Waals surface area (Å²) in [5.74, 6) is 0. The second-order valence-corrected chi connectivity index (χ2v) is 5.86. The molecule has 0 fully saturated rings. The molecule has 16 heavy (non-hydrogen) atoms. The van der Waals surface area contributed by atoms with Gasteiger partial charge in [0.2, 0.25) is 0 Å². The lowest BCUT2D eigenvalue weighted by molar-refractivity contribution is 1.07. The lowest BCUT2D eigenvalue weighted by Crippen LogP contribution is -2.01. The number of aryl methyl sites for hydroxylation is 1. The lowest BCUT2D eigenvalue weighted by atomic mass is 10.2. The molecule has 2 rings (SSSR count). The van der Waals surface area contributed by atoms with Gasteiger partial charge in [-0.2, -0.15) is 0 Å². The van der Waals surface area contributed by atoms with Crippen molar-refractivity contribution in [3.05, 3.63) is 43.2 Å². The Balaban J connectivity index is 2.15. The minimum Gasteiger partial charge on any atom is -0.378 e. The van der Waals surface area contributed by atoms with Crippen LogP contribution in [-0.4, -0.2) is 4.98 Å². The fourth-order valence-corrected chi connectivity index (χ4v) is 3.63. The molecule has 1 aromatic carbocycles. The fourth-order valence-electron chi connectivity index (χ4n) is 1.37. The van der Waals surface area contributed by atoms with E-state index in [9.17, 15) is 0 Å². The third kappa shape index (κ3) is 2.84. The van der Waals surface area contributed by atoms with Gasteiger partial charge < -0.3 is 5.32 Å². The highest BCUT2D eigenvalue weighted by molar-refractivity contribution is 9.11. The van der Waals surface area contributed by atoms with Gasteiger partial charge in [-0.1, -0.05) is 0 Å². The van der Waals surface area contributed by atoms with Gasteiger partial charge in [0, 0.05) is 14.3 Å². The van der Waals surface area contributed by atoms with Crippen LogP contribution in [0.5, 0.6) is 0 Å². The van der Waals surface area contributed by atoms with Gasteiger partial charge >= 0.3 is 0 Å². The molecule has 1 N–H and O–H groups in total. The highest BCUT2D eigenvalue weighted by Crippen LogP contribution is 2.32. The molecule has 1 aromatic heterocycles. The standard InChI is InChI=1S/C11H10Br2N2S/c1-7-2-9(12)11(10(13)3-7)14-4-8-5-16-6-15-8/h2-3,5-6,14H,4H2,1H3. The van der Waals surface area contributed by atoms with Gasteiger partial charge in [-0.15, -0.1) is 11.3 Å². The number of anilines is 1. The third-order valence-corrected chi connectivity index (χ3v) is 4.00. The summed E-state index contributed by atoms with van der Waals surface area (Å²) in [7, 11) is 0. The molecule has 0 aliphatic rings. The predicted molar refractivity (Wildman–Crippen MR) is 76.0 cm³/mol. The Kier molecular flexibility index (Phi) is 4.00. The molecule has 0 atom stereocenters. The maximum atomic E-state index is 4.23. The molecule has 84 valence electrons. The molecule has 0 saturated carbocycles. The van der Waals surface area contributed by atoms with Crippen LogP contribution < -0.4 is 5.32 Å². The van der Waals surface area contributed by atoms with E-state index in [4.69, 9.17) is 0 Å². The van der Waals surface area contributed by atoms with Crippen molar-refractivity contribution in [2.24, 2.45) is 0 Å². The van der Waals surface area contributed by atoms with Gasteiger partial charge in [0.1, 0.15) is 0 Å². The van der Waals surface area contributed by atoms with Crippen LogP contribution in [0.15, 0.2) is 32.0 Å². The van der Waals surface area contributed by atoms with E-state index in [-0.39, 0.29) is 0 Å². The number of benzene rings is 1. The number of hydrogen-bond donors (Lipinski definition) is 1. The first-order valence-corrected chi connectivity index (χ1v) is 7.26. The van der Waals surface area contributed by atoms with E-state index in [2.05, 4.69) is 61.2 Å². The summed E-state index contributed by atoms with van der Waals surface area (Å²) in [5, 5.41) is 5.41. The topological polar surface area (TPSA) is 24.9 Å². The molecule has 0 aliphatic heterocycles. The van der Waals surface area contributed by atoms with Crippen molar-refractivity contribution < 1.29 is 0 Å². The second-order valence-electron chi connectivity index (χ2n) is 3.44. The summed E-state index contributed by atoms with van der Waals surface area (Å²) < 4.78 is 2.13. The van der Waals surface area contributed by atoms with Gasteiger partial charge in [-0.25, -0.2) is 4.98 Å². The molecule has 2 nitrogen and oxygen atoms in total. The number of hydrogen-bond acceptors (Lipinski definition) is 3. The molecule has 0 bridgehead atoms. The quantitative estimate of drug-likeness (QED) is 0.864. The monoisotopic (exact) mass is 360 g/mol. The van der Waals surface area contributed by atoms with Crippen LogP contribution in [0.3, 0.4) is 0 Å². The van der Waals surface area contributed by atoms with E-state index in [1.165, 1.54) is 5.56 Å². The molecule has 0 amide bonds. The van der Waals surface area contributed by atoms with Crippen LogP contribution >= 0.6 is 43.2 Å². The van der Waals surface area contributed by atoms with Gasteiger partial charge in [0.15, 0.2) is 0 Å². The van der Waals surface area contributed by atoms with Crippen LogP contribution in [0.1, 0.15) is 11.3 Å². The van der Waals surface area contributed by atoms with E-state index in [1.807, 2.05) is 10.9 Å². The zero-order chi connectivity index (χ0) is 11.5. The SMILES string of the molecule is Cc1cc(Br)c(NCc2cscn2)c(Br)c1. The van der Waals surface area contributed by atoms with Gasteiger partial charge in [0.25, 0.3) is 0 Å². The van der Waals surface area contributed by atoms with Gasteiger partial charge in [-0.3, -0.25) is 0 Å². The Labute approximate surface area is 115 Å². The van der Waals surface area contributed by atoms with Crippen molar-refractivity contribution in [2.75, 3.05) is 5.32 Å². The van der Waals surface area contributed by atoms with E-state index < -0.39 is 0 Å². The summed E-state index contributed by atoms with van der Waals surface area (Å²) in [5.41, 5.74) is 5.19. The highest BCUT2D eigenvalue weighted by atomic mass is 79.9. The number of nitrogens with one attached hydrogen (secondary N) is 1. The molecule has 2 aromatic rings. The van der Waals surface area contributed by atoms with Crippen LogP contribution in [0.25, 0.3) is 0 Å². The molecular weight excluding hydrogens is 352 g/mol. The maximum Gasteiger partial charge on any atom is 0.0795 e. The van der Waals surface area contributed by atoms with E-state index >= 15 is 0 Å². The molecule has 0 aliphatic carbocycles. The number of thiazole rings is 1. The van der Waals surface area contributed by atoms with Gasteiger partial charge in [0.05, 0.1) is 23.4 Å². The first kappa shape index (κ1) is 12.1. The summed E-state index contributed by atoms with van der Waals surface area (Å²) in [4.78, 5) is 4.23. The molecule has 5 heteroatoms. The predicted octanol–water partition coefficient (Wildman–Crippen LogP) is 4.59. The largest absolute Gasteiger partial charge is 0.378 e. The van der Waals surface area contributed by atoms with E-state index in [0.717, 1.165) is 26.9 Å². The van der Waals surface area contributed by atoms with Crippen LogP contribution in [-0.2, 0) is 6.54 Å². The molecule has 1 heterocycles. The fraction of sp³-hybridized carbons (Fsp3) is 0.182. The minimum atomic E-state index is 0.740. The Hall–Kier alpha value is -0.390. The number of halogens is 2. The average Bonchev–Trinajstić information content (AvgIpc) is 2.68. The minimum absolute atomic E-state index is 0.740. The van der Waals surface area contributed by atoms with Crippen LogP contribution in [0, 0.1) is 6.92 Å². The summed E-state index contributed by atoms with van der Waals surface area (Å²) in [6.45, 7) is 2.81. The summed E-state index contributed by atoms with van der Waals surface area (Å²) in [6.07, 6.45) is 0. The summed E-state index contributed by atoms with van der Waals surface area (Å²) in [6, 6.07) is 4.18. The van der Waals surface area contributed by atoms with Crippen molar-refractivity contribution >= 4 is 48.9 Å². The first-order chi connectivity index (χ1) is 7.66. The van der Waals surface area contributed by atoms with Crippen molar-refractivity contribution in [3.63, 3.8) is 0 Å². The molecule has 0 spiro atoms. The lowest BCUT2D eigenvalue weighted by Gasteiger charge is -2.10. The average molecular weight is 362 g/mol. The zero-order valence-corrected chi connectivity index (χ0v) is 12.6. The Morgan fingerprint density at radius 1 is 1.31 bits per heavy atom. The van der Waals surface area contributed by atoms with Crippen molar-refractivity contribution in [1.82, 2.24) is 4.98 Å². The third-order valence-electron chi connectivity index (χ3n) is 2.12. The van der Waals surface area contributed by atoms with E-state index in [1.54, 1.807) is 11.3 Å². The molecule has 0 saturated heterocycles. The van der Waals surface area contributed by atoms with Crippen molar-refractivity contribution in [3.8, 4) is 0 Å². The summed E-state index contributed by atoms with van der Waals surface area (Å²) >= 11 is 8.71. The Bertz CT molecular complexity index is 460. The Morgan fingerprint density at radius 3 is 2.56 bits per heavy atom. The van der Waals surface area contributed by atoms with Crippen LogP contribution in [0.2, 0.25) is 0 Å². The molecular formula is C11H10Br2N2S. The second kappa shape index (κ2) is 5.29. The van der Waals surface area contributed by atoms with Crippen molar-refractivity contribution in [2.45, 2.75) is 13.5 Å².